The Morgan fingerprint density at radius 3 is 3.18 bits per heavy atom. The number of rotatable bonds is 3. The van der Waals surface area contributed by atoms with Gasteiger partial charge in [0.25, 0.3) is 0 Å². The third kappa shape index (κ3) is 2.12. The molecule has 0 atom stereocenters. The van der Waals surface area contributed by atoms with E-state index in [0.29, 0.717) is 6.54 Å². The molecular weight excluding hydrogens is 234 g/mol. The van der Waals surface area contributed by atoms with Crippen molar-refractivity contribution >= 4 is 22.1 Å². The predicted molar refractivity (Wildman–Crippen MR) is 67.2 cm³/mol. The normalized spacial score (nSPS) is 10.9. The van der Waals surface area contributed by atoms with Crippen molar-refractivity contribution in [2.24, 2.45) is 0 Å². The maximum Gasteiger partial charge on any atom is 0.182 e. The smallest absolute Gasteiger partial charge is 0.182 e. The topological polar surface area (TPSA) is 55.1 Å². The first kappa shape index (κ1) is 10.2. The molecule has 0 fully saturated rings. The Kier molecular flexibility index (Phi) is 2.49. The lowest BCUT2D eigenvalue weighted by atomic mass is 10.3. The maximum absolute atomic E-state index is 4.35. The second-order valence-electron chi connectivity index (χ2n) is 3.74. The third-order valence-electron chi connectivity index (χ3n) is 2.36. The van der Waals surface area contributed by atoms with E-state index < -0.39 is 0 Å². The molecule has 3 heterocycles. The first-order valence-electron chi connectivity index (χ1n) is 5.25. The van der Waals surface area contributed by atoms with Crippen LogP contribution in [0.2, 0.25) is 0 Å². The van der Waals surface area contributed by atoms with Crippen molar-refractivity contribution in [3.05, 3.63) is 41.3 Å². The summed E-state index contributed by atoms with van der Waals surface area (Å²) in [4.78, 5) is 8.51. The minimum Gasteiger partial charge on any atom is -0.357 e. The maximum atomic E-state index is 4.35. The molecule has 0 aromatic carbocycles. The zero-order chi connectivity index (χ0) is 11.7. The van der Waals surface area contributed by atoms with Gasteiger partial charge in [0.05, 0.1) is 5.69 Å². The molecule has 6 heteroatoms. The zero-order valence-electron chi connectivity index (χ0n) is 9.29. The number of thiazole rings is 1. The van der Waals surface area contributed by atoms with E-state index in [-0.39, 0.29) is 0 Å². The molecule has 17 heavy (non-hydrogen) atoms. The Labute approximate surface area is 102 Å². The van der Waals surface area contributed by atoms with E-state index >= 15 is 0 Å². The third-order valence-corrected chi connectivity index (χ3v) is 3.10. The first-order chi connectivity index (χ1) is 8.31. The minimum atomic E-state index is 0.704. The van der Waals surface area contributed by atoms with Gasteiger partial charge >= 0.3 is 0 Å². The van der Waals surface area contributed by atoms with Crippen LogP contribution in [0, 0.1) is 6.92 Å². The molecule has 0 amide bonds. The minimum absolute atomic E-state index is 0.704. The van der Waals surface area contributed by atoms with E-state index in [4.69, 9.17) is 0 Å². The van der Waals surface area contributed by atoms with Crippen molar-refractivity contribution in [3.63, 3.8) is 0 Å². The van der Waals surface area contributed by atoms with Gasteiger partial charge in [-0.25, -0.2) is 14.5 Å². The molecular formula is C11H11N5S. The van der Waals surface area contributed by atoms with Gasteiger partial charge in [-0.1, -0.05) is 0 Å². The predicted octanol–water partition coefficient (Wildman–Crippen LogP) is 2.11. The van der Waals surface area contributed by atoms with E-state index in [1.165, 1.54) is 0 Å². The fraction of sp³-hybridized carbons (Fsp3) is 0.182. The summed E-state index contributed by atoms with van der Waals surface area (Å²) in [6.07, 6.45) is 5.62. The lowest BCUT2D eigenvalue weighted by molar-refractivity contribution is 0.895. The molecule has 86 valence electrons. The van der Waals surface area contributed by atoms with Crippen LogP contribution in [-0.2, 0) is 6.54 Å². The molecule has 0 saturated carbocycles. The summed E-state index contributed by atoms with van der Waals surface area (Å²) in [6, 6.07) is 1.96. The lowest BCUT2D eigenvalue weighted by Crippen LogP contribution is -2.02. The molecule has 0 aliphatic heterocycles. The quantitative estimate of drug-likeness (QED) is 0.767. The summed E-state index contributed by atoms with van der Waals surface area (Å²) in [5, 5.41) is 10.4. The Bertz CT molecular complexity index is 628. The zero-order valence-corrected chi connectivity index (χ0v) is 10.1. The molecule has 3 aromatic heterocycles. The fourth-order valence-corrected chi connectivity index (χ4v) is 2.14. The van der Waals surface area contributed by atoms with Gasteiger partial charge in [-0.05, 0) is 6.92 Å². The van der Waals surface area contributed by atoms with E-state index in [1.54, 1.807) is 22.0 Å². The van der Waals surface area contributed by atoms with Crippen LogP contribution in [0.15, 0.2) is 30.0 Å². The number of nitrogens with zero attached hydrogens (tertiary/aromatic N) is 4. The van der Waals surface area contributed by atoms with E-state index in [9.17, 15) is 0 Å². The molecule has 0 saturated heterocycles. The SMILES string of the molecule is Cc1cc2ncc(CNc3nccs3)cn2n1. The van der Waals surface area contributed by atoms with Crippen LogP contribution in [0.4, 0.5) is 5.13 Å². The molecule has 0 aliphatic carbocycles. The van der Waals surface area contributed by atoms with Crippen LogP contribution in [0.5, 0.6) is 0 Å². The van der Waals surface area contributed by atoms with Crippen LogP contribution in [-0.4, -0.2) is 19.6 Å². The summed E-state index contributed by atoms with van der Waals surface area (Å²) in [6.45, 7) is 2.66. The van der Waals surface area contributed by atoms with Gasteiger partial charge in [-0.15, -0.1) is 11.3 Å². The lowest BCUT2D eigenvalue weighted by Gasteiger charge is -2.02. The standard InChI is InChI=1S/C11H11N5S/c1-8-4-10-13-5-9(7-16(10)15-8)6-14-11-12-2-3-17-11/h2-5,7H,6H2,1H3,(H,12,14). The fourth-order valence-electron chi connectivity index (χ4n) is 1.61. The van der Waals surface area contributed by atoms with Crippen LogP contribution < -0.4 is 5.32 Å². The van der Waals surface area contributed by atoms with Gasteiger partial charge in [0.2, 0.25) is 0 Å². The van der Waals surface area contributed by atoms with E-state index in [0.717, 1.165) is 22.0 Å². The number of anilines is 1. The highest BCUT2D eigenvalue weighted by Crippen LogP contribution is 2.12. The average molecular weight is 245 g/mol. The number of hydrogen-bond acceptors (Lipinski definition) is 5. The van der Waals surface area contributed by atoms with Gasteiger partial charge < -0.3 is 5.32 Å². The largest absolute Gasteiger partial charge is 0.357 e. The van der Waals surface area contributed by atoms with E-state index in [1.807, 2.05) is 30.8 Å². The van der Waals surface area contributed by atoms with Gasteiger partial charge in [-0.3, -0.25) is 0 Å². The molecule has 0 spiro atoms. The van der Waals surface area contributed by atoms with Crippen molar-refractivity contribution in [1.82, 2.24) is 19.6 Å². The molecule has 0 radical (unpaired) electrons. The molecule has 0 aliphatic rings. The first-order valence-corrected chi connectivity index (χ1v) is 6.13. The van der Waals surface area contributed by atoms with Gasteiger partial charge in [0.1, 0.15) is 0 Å². The number of aryl methyl sites for hydroxylation is 1. The Morgan fingerprint density at radius 2 is 2.35 bits per heavy atom. The van der Waals surface area contributed by atoms with Crippen molar-refractivity contribution in [1.29, 1.82) is 0 Å². The summed E-state index contributed by atoms with van der Waals surface area (Å²) in [5.41, 5.74) is 2.93. The summed E-state index contributed by atoms with van der Waals surface area (Å²) in [5.74, 6) is 0. The Balaban J connectivity index is 1.81. The van der Waals surface area contributed by atoms with Gasteiger partial charge in [-0.2, -0.15) is 5.10 Å². The number of hydrogen-bond donors (Lipinski definition) is 1. The number of fused-ring (bicyclic) bond motifs is 1. The molecule has 3 aromatic rings. The van der Waals surface area contributed by atoms with Crippen LogP contribution in [0.1, 0.15) is 11.3 Å². The average Bonchev–Trinajstić information content (AvgIpc) is 2.92. The highest BCUT2D eigenvalue weighted by Gasteiger charge is 2.01. The second kappa shape index (κ2) is 4.14. The summed E-state index contributed by atoms with van der Waals surface area (Å²) < 4.78 is 1.80. The van der Waals surface area contributed by atoms with Gasteiger partial charge in [0.15, 0.2) is 10.8 Å². The van der Waals surface area contributed by atoms with Crippen molar-refractivity contribution in [3.8, 4) is 0 Å². The molecule has 3 rings (SSSR count). The van der Waals surface area contributed by atoms with Crippen LogP contribution >= 0.6 is 11.3 Å². The molecule has 1 N–H and O–H groups in total. The highest BCUT2D eigenvalue weighted by atomic mass is 32.1. The van der Waals surface area contributed by atoms with Crippen LogP contribution in [0.3, 0.4) is 0 Å². The summed E-state index contributed by atoms with van der Waals surface area (Å²) in [7, 11) is 0. The van der Waals surface area contributed by atoms with Crippen LogP contribution in [0.25, 0.3) is 5.65 Å². The number of aromatic nitrogens is 4. The monoisotopic (exact) mass is 245 g/mol. The van der Waals surface area contributed by atoms with Gasteiger partial charge in [0, 0.05) is 42.1 Å². The number of nitrogens with one attached hydrogen (secondary N) is 1. The Morgan fingerprint density at radius 1 is 1.41 bits per heavy atom. The summed E-state index contributed by atoms with van der Waals surface area (Å²) >= 11 is 1.58. The molecule has 5 nitrogen and oxygen atoms in total. The van der Waals surface area contributed by atoms with Crippen molar-refractivity contribution < 1.29 is 0 Å². The van der Waals surface area contributed by atoms with Crippen molar-refractivity contribution in [2.45, 2.75) is 13.5 Å². The molecule has 0 unspecified atom stereocenters. The molecule has 0 bridgehead atoms. The highest BCUT2D eigenvalue weighted by molar-refractivity contribution is 7.13. The van der Waals surface area contributed by atoms with E-state index in [2.05, 4.69) is 20.4 Å². The Hall–Kier alpha value is -1.95. The second-order valence-corrected chi connectivity index (χ2v) is 4.64. The van der Waals surface area contributed by atoms with Crippen molar-refractivity contribution in [2.75, 3.05) is 5.32 Å².